The Kier molecular flexibility index (Phi) is 3.98. The molecule has 4 aromatic rings. The molecule has 7 heteroatoms. The van der Waals surface area contributed by atoms with Crippen LogP contribution in [0.15, 0.2) is 66.9 Å². The summed E-state index contributed by atoms with van der Waals surface area (Å²) in [5.41, 5.74) is 9.34. The predicted octanol–water partition coefficient (Wildman–Crippen LogP) is 4.24. The Morgan fingerprint density at radius 3 is 2.79 bits per heavy atom. The largest absolute Gasteiger partial charge is 0.438 e. The standard InChI is InChI=1S/C22H17N5O2/c23-17-6-8-19(16-4-2-1-3-15(16)17)29-21-9-10-24-22(27-21)25-14-5-7-18-13(11-14)12-20(28)26-18/h1-11H,12,23H2,(H,26,28)(H,24,25,27). The van der Waals surface area contributed by atoms with E-state index < -0.39 is 0 Å². The van der Waals surface area contributed by atoms with Crippen LogP contribution in [0.5, 0.6) is 11.6 Å². The van der Waals surface area contributed by atoms with Crippen molar-refractivity contribution in [1.29, 1.82) is 0 Å². The summed E-state index contributed by atoms with van der Waals surface area (Å²) in [5.74, 6) is 1.48. The van der Waals surface area contributed by atoms with E-state index in [0.29, 0.717) is 29.7 Å². The van der Waals surface area contributed by atoms with Crippen LogP contribution in [0.25, 0.3) is 10.8 Å². The number of hydrogen-bond donors (Lipinski definition) is 3. The number of hydrogen-bond acceptors (Lipinski definition) is 6. The fraction of sp³-hybridized carbons (Fsp3) is 0.0455. The monoisotopic (exact) mass is 383 g/mol. The van der Waals surface area contributed by atoms with Gasteiger partial charge >= 0.3 is 0 Å². The molecule has 0 unspecified atom stereocenters. The Bertz CT molecular complexity index is 1260. The second-order valence-corrected chi connectivity index (χ2v) is 6.74. The minimum Gasteiger partial charge on any atom is -0.438 e. The van der Waals surface area contributed by atoms with Gasteiger partial charge < -0.3 is 21.1 Å². The topological polar surface area (TPSA) is 102 Å². The third-order valence-electron chi connectivity index (χ3n) is 4.75. The van der Waals surface area contributed by atoms with Crippen LogP contribution in [-0.2, 0) is 11.2 Å². The maximum absolute atomic E-state index is 11.5. The van der Waals surface area contributed by atoms with Gasteiger partial charge in [0.15, 0.2) is 0 Å². The van der Waals surface area contributed by atoms with E-state index in [-0.39, 0.29) is 5.91 Å². The van der Waals surface area contributed by atoms with Gasteiger partial charge in [0.05, 0.1) is 6.42 Å². The molecule has 4 N–H and O–H groups in total. The number of fused-ring (bicyclic) bond motifs is 2. The number of nitrogen functional groups attached to an aromatic ring is 1. The highest BCUT2D eigenvalue weighted by atomic mass is 16.5. The summed E-state index contributed by atoms with van der Waals surface area (Å²) in [4.78, 5) is 20.2. The summed E-state index contributed by atoms with van der Waals surface area (Å²) in [7, 11) is 0. The molecule has 1 aromatic heterocycles. The zero-order valence-electron chi connectivity index (χ0n) is 15.3. The van der Waals surface area contributed by atoms with Gasteiger partial charge in [-0.1, -0.05) is 24.3 Å². The number of amides is 1. The van der Waals surface area contributed by atoms with Crippen molar-refractivity contribution in [3.63, 3.8) is 0 Å². The highest BCUT2D eigenvalue weighted by Crippen LogP contribution is 2.33. The summed E-state index contributed by atoms with van der Waals surface area (Å²) in [6, 6.07) is 18.8. The molecule has 0 bridgehead atoms. The van der Waals surface area contributed by atoms with E-state index in [0.717, 1.165) is 27.7 Å². The molecule has 1 aliphatic rings. The molecule has 7 nitrogen and oxygen atoms in total. The Morgan fingerprint density at radius 2 is 1.90 bits per heavy atom. The third kappa shape index (κ3) is 3.29. The van der Waals surface area contributed by atoms with Gasteiger partial charge in [0.2, 0.25) is 17.7 Å². The highest BCUT2D eigenvalue weighted by Gasteiger charge is 2.17. The number of anilines is 4. The van der Waals surface area contributed by atoms with E-state index in [4.69, 9.17) is 10.5 Å². The van der Waals surface area contributed by atoms with Gasteiger partial charge in [-0.3, -0.25) is 4.79 Å². The van der Waals surface area contributed by atoms with Gasteiger partial charge in [-0.25, -0.2) is 4.98 Å². The van der Waals surface area contributed by atoms with Gasteiger partial charge in [-0.2, -0.15) is 4.98 Å². The van der Waals surface area contributed by atoms with Gasteiger partial charge in [-0.15, -0.1) is 0 Å². The SMILES string of the molecule is Nc1ccc(Oc2ccnc(Nc3ccc4c(c3)CC(=O)N4)n2)c2ccccc12. The van der Waals surface area contributed by atoms with E-state index in [1.807, 2.05) is 54.6 Å². The van der Waals surface area contributed by atoms with Crippen molar-refractivity contribution in [1.82, 2.24) is 9.97 Å². The number of nitrogens with zero attached hydrogens (tertiary/aromatic N) is 2. The predicted molar refractivity (Wildman–Crippen MR) is 113 cm³/mol. The molecule has 0 atom stereocenters. The number of carbonyl (C=O) groups is 1. The van der Waals surface area contributed by atoms with Crippen LogP contribution in [0, 0.1) is 0 Å². The molecule has 0 saturated carbocycles. The molecule has 0 saturated heterocycles. The number of benzene rings is 3. The quantitative estimate of drug-likeness (QED) is 0.456. The molecule has 142 valence electrons. The van der Waals surface area contributed by atoms with E-state index in [1.165, 1.54) is 0 Å². The van der Waals surface area contributed by atoms with Crippen LogP contribution in [0.3, 0.4) is 0 Å². The first-order valence-electron chi connectivity index (χ1n) is 9.14. The maximum atomic E-state index is 11.5. The van der Waals surface area contributed by atoms with Crippen LogP contribution in [-0.4, -0.2) is 15.9 Å². The van der Waals surface area contributed by atoms with Gasteiger partial charge in [0.1, 0.15) is 5.75 Å². The number of nitrogens with two attached hydrogens (primary N) is 1. The van der Waals surface area contributed by atoms with Crippen molar-refractivity contribution >= 4 is 39.7 Å². The minimum absolute atomic E-state index is 0.000443. The summed E-state index contributed by atoms with van der Waals surface area (Å²) in [5, 5.41) is 7.82. The molecule has 3 aromatic carbocycles. The molecular weight excluding hydrogens is 366 g/mol. The zero-order chi connectivity index (χ0) is 19.8. The smallest absolute Gasteiger partial charge is 0.230 e. The first-order chi connectivity index (χ1) is 14.2. The Morgan fingerprint density at radius 1 is 1.03 bits per heavy atom. The lowest BCUT2D eigenvalue weighted by molar-refractivity contribution is -0.115. The average Bonchev–Trinajstić information content (AvgIpc) is 3.10. The molecule has 29 heavy (non-hydrogen) atoms. The highest BCUT2D eigenvalue weighted by molar-refractivity contribution is 5.99. The number of carbonyl (C=O) groups excluding carboxylic acids is 1. The van der Waals surface area contributed by atoms with Crippen molar-refractivity contribution in [2.75, 3.05) is 16.4 Å². The van der Waals surface area contributed by atoms with E-state index in [2.05, 4.69) is 20.6 Å². The number of rotatable bonds is 4. The third-order valence-corrected chi connectivity index (χ3v) is 4.75. The van der Waals surface area contributed by atoms with Crippen LogP contribution in [0.2, 0.25) is 0 Å². The number of aromatic nitrogens is 2. The van der Waals surface area contributed by atoms with Crippen LogP contribution in [0.4, 0.5) is 23.0 Å². The molecule has 0 spiro atoms. The lowest BCUT2D eigenvalue weighted by Crippen LogP contribution is -2.03. The second-order valence-electron chi connectivity index (χ2n) is 6.74. The zero-order valence-corrected chi connectivity index (χ0v) is 15.3. The molecular formula is C22H17N5O2. The molecule has 2 heterocycles. The molecule has 0 aliphatic carbocycles. The van der Waals surface area contributed by atoms with Crippen LogP contribution < -0.4 is 21.1 Å². The molecule has 0 fully saturated rings. The molecule has 1 aliphatic heterocycles. The van der Waals surface area contributed by atoms with E-state index >= 15 is 0 Å². The average molecular weight is 383 g/mol. The second kappa shape index (κ2) is 6.79. The molecule has 1 amide bonds. The molecule has 5 rings (SSSR count). The normalized spacial score (nSPS) is 12.5. The van der Waals surface area contributed by atoms with Crippen molar-refractivity contribution in [3.05, 3.63) is 72.4 Å². The van der Waals surface area contributed by atoms with Gasteiger partial charge in [-0.05, 0) is 35.9 Å². The summed E-state index contributed by atoms with van der Waals surface area (Å²) in [6.45, 7) is 0. The van der Waals surface area contributed by atoms with E-state index in [1.54, 1.807) is 12.3 Å². The van der Waals surface area contributed by atoms with Crippen LogP contribution >= 0.6 is 0 Å². The van der Waals surface area contributed by atoms with Gasteiger partial charge in [0, 0.05) is 40.1 Å². The Hall–Kier alpha value is -4.13. The lowest BCUT2D eigenvalue weighted by Gasteiger charge is -2.11. The maximum Gasteiger partial charge on any atom is 0.230 e. The van der Waals surface area contributed by atoms with Crippen LogP contribution in [0.1, 0.15) is 5.56 Å². The van der Waals surface area contributed by atoms with Crippen molar-refractivity contribution < 1.29 is 9.53 Å². The van der Waals surface area contributed by atoms with Gasteiger partial charge in [0.25, 0.3) is 0 Å². The summed E-state index contributed by atoms with van der Waals surface area (Å²) < 4.78 is 6.01. The minimum atomic E-state index is -0.000443. The Labute approximate surface area is 166 Å². The van der Waals surface area contributed by atoms with Crippen molar-refractivity contribution in [2.45, 2.75) is 6.42 Å². The Balaban J connectivity index is 1.41. The van der Waals surface area contributed by atoms with Crippen molar-refractivity contribution in [3.8, 4) is 11.6 Å². The fourth-order valence-corrected chi connectivity index (χ4v) is 3.39. The van der Waals surface area contributed by atoms with E-state index in [9.17, 15) is 4.79 Å². The first kappa shape index (κ1) is 17.0. The number of ether oxygens (including phenoxy) is 1. The summed E-state index contributed by atoms with van der Waals surface area (Å²) in [6.07, 6.45) is 2.00. The summed E-state index contributed by atoms with van der Waals surface area (Å²) >= 11 is 0. The van der Waals surface area contributed by atoms with Crippen molar-refractivity contribution in [2.24, 2.45) is 0 Å². The fourth-order valence-electron chi connectivity index (χ4n) is 3.39. The number of nitrogens with one attached hydrogen (secondary N) is 2. The lowest BCUT2D eigenvalue weighted by atomic mass is 10.1. The molecule has 0 radical (unpaired) electrons. The first-order valence-corrected chi connectivity index (χ1v) is 9.14.